The van der Waals surface area contributed by atoms with Crippen LogP contribution in [0.1, 0.15) is 11.1 Å². The molecule has 104 valence electrons. The molecule has 21 heavy (non-hydrogen) atoms. The Morgan fingerprint density at radius 2 is 1.48 bits per heavy atom. The van der Waals surface area contributed by atoms with Crippen LogP contribution < -0.4 is 4.74 Å². The van der Waals surface area contributed by atoms with Crippen molar-refractivity contribution in [2.75, 3.05) is 0 Å². The van der Waals surface area contributed by atoms with Crippen molar-refractivity contribution >= 4 is 34.8 Å². The maximum atomic E-state index is 13.6. The zero-order chi connectivity index (χ0) is 15.6. The van der Waals surface area contributed by atoms with Gasteiger partial charge in [0.1, 0.15) is 22.2 Å². The monoisotopic (exact) mass is 340 g/mol. The van der Waals surface area contributed by atoms with Gasteiger partial charge in [-0.1, -0.05) is 46.9 Å². The first-order valence-corrected chi connectivity index (χ1v) is 6.57. The molecule has 0 unspecified atom stereocenters. The van der Waals surface area contributed by atoms with E-state index in [1.54, 1.807) is 18.2 Å². The van der Waals surface area contributed by atoms with Crippen LogP contribution in [0.3, 0.4) is 0 Å². The molecule has 0 radical (unpaired) electrons. The highest BCUT2D eigenvalue weighted by atomic mass is 35.5. The highest BCUT2D eigenvalue weighted by Crippen LogP contribution is 2.45. The predicted octanol–water partition coefficient (Wildman–Crippen LogP) is 5.32. The van der Waals surface area contributed by atoms with E-state index in [1.165, 1.54) is 18.2 Å². The lowest BCUT2D eigenvalue weighted by Crippen LogP contribution is -1.96. The van der Waals surface area contributed by atoms with Crippen molar-refractivity contribution in [3.8, 4) is 23.6 Å². The smallest absolute Gasteiger partial charge is 0.167 e. The fourth-order valence-electron chi connectivity index (χ4n) is 1.58. The number of ether oxygens (including phenoxy) is 1. The van der Waals surface area contributed by atoms with Gasteiger partial charge in [-0.25, -0.2) is 4.39 Å². The fourth-order valence-corrected chi connectivity index (χ4v) is 2.34. The van der Waals surface area contributed by atoms with Gasteiger partial charge in [-0.05, 0) is 12.1 Å². The number of halogens is 4. The lowest BCUT2D eigenvalue weighted by Gasteiger charge is -2.13. The Labute approximate surface area is 134 Å². The average Bonchev–Trinajstić information content (AvgIpc) is 2.48. The van der Waals surface area contributed by atoms with Crippen molar-refractivity contribution in [2.45, 2.75) is 0 Å². The summed E-state index contributed by atoms with van der Waals surface area (Å²) >= 11 is 17.9. The van der Waals surface area contributed by atoms with Gasteiger partial charge in [0.15, 0.2) is 17.3 Å². The van der Waals surface area contributed by atoms with E-state index in [4.69, 9.17) is 50.1 Å². The summed E-state index contributed by atoms with van der Waals surface area (Å²) in [4.78, 5) is 0. The fraction of sp³-hybridized carbons (Fsp3) is 0. The molecule has 0 aliphatic heterocycles. The van der Waals surface area contributed by atoms with Crippen LogP contribution >= 0.6 is 34.8 Å². The van der Waals surface area contributed by atoms with Crippen LogP contribution in [-0.2, 0) is 0 Å². The molecule has 0 fully saturated rings. The van der Waals surface area contributed by atoms with Crippen LogP contribution in [0.4, 0.5) is 4.39 Å². The Kier molecular flexibility index (Phi) is 4.55. The largest absolute Gasteiger partial charge is 0.451 e. The normalized spacial score (nSPS) is 9.81. The van der Waals surface area contributed by atoms with Gasteiger partial charge < -0.3 is 4.74 Å². The maximum Gasteiger partial charge on any atom is 0.167 e. The number of benzene rings is 2. The molecule has 0 saturated heterocycles. The Morgan fingerprint density at radius 3 is 2.05 bits per heavy atom. The lowest BCUT2D eigenvalue weighted by atomic mass is 10.1. The second kappa shape index (κ2) is 6.20. The van der Waals surface area contributed by atoms with Crippen LogP contribution in [0.15, 0.2) is 24.3 Å². The summed E-state index contributed by atoms with van der Waals surface area (Å²) in [5.41, 5.74) is -0.338. The van der Waals surface area contributed by atoms with E-state index in [9.17, 15) is 4.39 Å². The van der Waals surface area contributed by atoms with Gasteiger partial charge in [0.25, 0.3) is 0 Å². The summed E-state index contributed by atoms with van der Waals surface area (Å²) in [6.07, 6.45) is 0. The summed E-state index contributed by atoms with van der Waals surface area (Å²) in [5, 5.41) is 17.5. The molecule has 3 nitrogen and oxygen atoms in total. The van der Waals surface area contributed by atoms with E-state index in [-0.39, 0.29) is 37.7 Å². The highest BCUT2D eigenvalue weighted by molar-refractivity contribution is 6.46. The first-order chi connectivity index (χ1) is 10.0. The molecule has 2 aromatic carbocycles. The number of rotatable bonds is 2. The lowest BCUT2D eigenvalue weighted by molar-refractivity contribution is 0.442. The van der Waals surface area contributed by atoms with Crippen molar-refractivity contribution < 1.29 is 9.13 Å². The Hall–Kier alpha value is -1.98. The molecule has 0 bridgehead atoms. The van der Waals surface area contributed by atoms with Gasteiger partial charge in [0.05, 0.1) is 16.1 Å². The quantitative estimate of drug-likeness (QED) is 0.694. The van der Waals surface area contributed by atoms with Gasteiger partial charge in [-0.2, -0.15) is 10.5 Å². The number of nitrogens with zero attached hydrogens (tertiary/aromatic N) is 2. The van der Waals surface area contributed by atoms with Gasteiger partial charge in [-0.3, -0.25) is 0 Å². The number of hydrogen-bond donors (Lipinski definition) is 0. The SMILES string of the molecule is N#Cc1c(Cl)c(Cl)c(Oc2ccccc2F)c(Cl)c1C#N. The molecule has 7 heteroatoms. The average molecular weight is 342 g/mol. The Balaban J connectivity index is 2.67. The van der Waals surface area contributed by atoms with Crippen LogP contribution in [0, 0.1) is 28.5 Å². The van der Waals surface area contributed by atoms with E-state index >= 15 is 0 Å². The van der Waals surface area contributed by atoms with Gasteiger partial charge in [0.2, 0.25) is 0 Å². The zero-order valence-electron chi connectivity index (χ0n) is 10.1. The number of hydrogen-bond acceptors (Lipinski definition) is 3. The minimum absolute atomic E-state index is 0.133. The minimum atomic E-state index is -0.636. The minimum Gasteiger partial charge on any atom is -0.451 e. The summed E-state index contributed by atoms with van der Waals surface area (Å²) < 4.78 is 18.9. The van der Waals surface area contributed by atoms with E-state index in [2.05, 4.69) is 0 Å². The van der Waals surface area contributed by atoms with Crippen LogP contribution in [0.2, 0.25) is 15.1 Å². The van der Waals surface area contributed by atoms with Crippen LogP contribution in [-0.4, -0.2) is 0 Å². The van der Waals surface area contributed by atoms with Gasteiger partial charge >= 0.3 is 0 Å². The highest BCUT2D eigenvalue weighted by Gasteiger charge is 2.23. The van der Waals surface area contributed by atoms with Crippen molar-refractivity contribution in [1.29, 1.82) is 10.5 Å². The second-order valence-corrected chi connectivity index (χ2v) is 4.91. The van der Waals surface area contributed by atoms with Crippen molar-refractivity contribution in [3.05, 3.63) is 56.3 Å². The molecule has 2 aromatic rings. The first-order valence-electron chi connectivity index (χ1n) is 5.44. The molecular weight excluding hydrogens is 338 g/mol. The molecule has 0 aliphatic rings. The standard InChI is InChI=1S/C14H4Cl3FN2O/c15-11-7(5-19)8(6-20)12(16)14(13(11)17)21-10-4-2-1-3-9(10)18/h1-4H. The Bertz CT molecular complexity index is 809. The molecule has 0 spiro atoms. The van der Waals surface area contributed by atoms with Crippen molar-refractivity contribution in [3.63, 3.8) is 0 Å². The number of para-hydroxylation sites is 1. The van der Waals surface area contributed by atoms with Crippen LogP contribution in [0.5, 0.6) is 11.5 Å². The van der Waals surface area contributed by atoms with Crippen molar-refractivity contribution in [1.82, 2.24) is 0 Å². The summed E-state index contributed by atoms with van der Waals surface area (Å²) in [7, 11) is 0. The molecule has 0 aromatic heterocycles. The van der Waals surface area contributed by atoms with E-state index in [0.29, 0.717) is 0 Å². The molecule has 0 N–H and O–H groups in total. The third kappa shape index (κ3) is 2.75. The van der Waals surface area contributed by atoms with E-state index in [0.717, 1.165) is 0 Å². The molecule has 0 aliphatic carbocycles. The van der Waals surface area contributed by atoms with Gasteiger partial charge in [-0.15, -0.1) is 0 Å². The van der Waals surface area contributed by atoms with E-state index < -0.39 is 5.82 Å². The van der Waals surface area contributed by atoms with Gasteiger partial charge in [0, 0.05) is 0 Å². The number of nitriles is 2. The van der Waals surface area contributed by atoms with E-state index in [1.807, 2.05) is 0 Å². The Morgan fingerprint density at radius 1 is 0.905 bits per heavy atom. The second-order valence-electron chi connectivity index (χ2n) is 3.78. The predicted molar refractivity (Wildman–Crippen MR) is 77.4 cm³/mol. The summed E-state index contributed by atoms with van der Waals surface area (Å²) in [5.74, 6) is -0.946. The molecule has 0 saturated carbocycles. The topological polar surface area (TPSA) is 56.8 Å². The molecule has 2 rings (SSSR count). The summed E-state index contributed by atoms with van der Waals surface area (Å²) in [6, 6.07) is 9.08. The molecule has 0 heterocycles. The first kappa shape index (κ1) is 15.4. The third-order valence-corrected chi connectivity index (χ3v) is 3.75. The van der Waals surface area contributed by atoms with Crippen molar-refractivity contribution in [2.24, 2.45) is 0 Å². The molecular formula is C14H4Cl3FN2O. The zero-order valence-corrected chi connectivity index (χ0v) is 12.4. The molecule has 0 atom stereocenters. The maximum absolute atomic E-state index is 13.6. The molecule has 0 amide bonds. The summed E-state index contributed by atoms with van der Waals surface area (Å²) in [6.45, 7) is 0. The van der Waals surface area contributed by atoms with Crippen LogP contribution in [0.25, 0.3) is 0 Å². The third-order valence-electron chi connectivity index (χ3n) is 2.55.